The minimum absolute atomic E-state index is 0.0729. The highest BCUT2D eigenvalue weighted by Gasteiger charge is 2.26. The van der Waals surface area contributed by atoms with Gasteiger partial charge in [-0.25, -0.2) is 4.57 Å². The number of esters is 1. The molecule has 0 aliphatic carbocycles. The van der Waals surface area contributed by atoms with Gasteiger partial charge in [-0.3, -0.25) is 13.8 Å². The molecular formula is C48H87NO7P+. The third-order valence-corrected chi connectivity index (χ3v) is 10.3. The van der Waals surface area contributed by atoms with E-state index in [0.29, 0.717) is 24.1 Å². The van der Waals surface area contributed by atoms with Crippen molar-refractivity contribution in [1.29, 1.82) is 0 Å². The van der Waals surface area contributed by atoms with Gasteiger partial charge in [0.1, 0.15) is 19.3 Å². The molecule has 0 aliphatic rings. The average molecular weight is 821 g/mol. The number of carbonyl (C=O) groups is 1. The molecule has 8 nitrogen and oxygen atoms in total. The molecule has 0 bridgehead atoms. The zero-order chi connectivity index (χ0) is 42.0. The summed E-state index contributed by atoms with van der Waals surface area (Å²) in [4.78, 5) is 22.9. The summed E-state index contributed by atoms with van der Waals surface area (Å²) in [6.45, 7) is 5.41. The van der Waals surface area contributed by atoms with Crippen LogP contribution in [0.5, 0.6) is 0 Å². The van der Waals surface area contributed by atoms with Crippen molar-refractivity contribution >= 4 is 13.8 Å². The van der Waals surface area contributed by atoms with E-state index in [2.05, 4.69) is 74.6 Å². The lowest BCUT2D eigenvalue weighted by atomic mass is 10.0. The second-order valence-electron chi connectivity index (χ2n) is 16.1. The van der Waals surface area contributed by atoms with Crippen LogP contribution in [0.2, 0.25) is 0 Å². The van der Waals surface area contributed by atoms with Crippen molar-refractivity contribution in [3.8, 4) is 0 Å². The molecule has 330 valence electrons. The molecule has 0 aliphatic heterocycles. The zero-order valence-electron chi connectivity index (χ0n) is 37.3. The number of carbonyl (C=O) groups excluding carboxylic acids is 1. The Labute approximate surface area is 351 Å². The van der Waals surface area contributed by atoms with Crippen LogP contribution in [-0.4, -0.2) is 75.6 Å². The maximum absolute atomic E-state index is 12.7. The van der Waals surface area contributed by atoms with E-state index >= 15 is 0 Å². The fourth-order valence-corrected chi connectivity index (χ4v) is 6.55. The Bertz CT molecular complexity index is 1140. The molecule has 0 aromatic rings. The number of nitrogens with zero attached hydrogens (tertiary/aromatic N) is 1. The highest BCUT2D eigenvalue weighted by Crippen LogP contribution is 2.43. The molecule has 0 spiro atoms. The number of phosphoric acid groups is 1. The van der Waals surface area contributed by atoms with Gasteiger partial charge in [-0.2, -0.15) is 0 Å². The van der Waals surface area contributed by atoms with Crippen molar-refractivity contribution < 1.29 is 37.3 Å². The summed E-state index contributed by atoms with van der Waals surface area (Å²) in [5.74, 6) is -0.395. The molecule has 0 radical (unpaired) electrons. The molecule has 0 amide bonds. The largest absolute Gasteiger partial charge is 0.472 e. The smallest absolute Gasteiger partial charge is 0.457 e. The number of hydrogen-bond donors (Lipinski definition) is 1. The Morgan fingerprint density at radius 3 is 1.42 bits per heavy atom. The fourth-order valence-electron chi connectivity index (χ4n) is 5.81. The summed E-state index contributed by atoms with van der Waals surface area (Å²) >= 11 is 0. The minimum Gasteiger partial charge on any atom is -0.457 e. The molecule has 57 heavy (non-hydrogen) atoms. The van der Waals surface area contributed by atoms with Crippen molar-refractivity contribution in [2.75, 3.05) is 54.1 Å². The second-order valence-corrected chi connectivity index (χ2v) is 17.5. The van der Waals surface area contributed by atoms with E-state index in [1.165, 1.54) is 89.9 Å². The van der Waals surface area contributed by atoms with Crippen LogP contribution in [0.1, 0.15) is 168 Å². The van der Waals surface area contributed by atoms with E-state index < -0.39 is 19.9 Å². The first kappa shape index (κ1) is 54.9. The molecule has 0 fully saturated rings. The first-order valence-corrected chi connectivity index (χ1v) is 24.2. The Morgan fingerprint density at radius 1 is 0.561 bits per heavy atom. The molecule has 0 saturated heterocycles. The molecule has 0 aromatic carbocycles. The van der Waals surface area contributed by atoms with Gasteiger partial charge in [-0.1, -0.05) is 183 Å². The van der Waals surface area contributed by atoms with Gasteiger partial charge in [0.2, 0.25) is 0 Å². The summed E-state index contributed by atoms with van der Waals surface area (Å²) in [7, 11) is 1.62. The monoisotopic (exact) mass is 821 g/mol. The summed E-state index contributed by atoms with van der Waals surface area (Å²) in [6, 6.07) is 0. The normalized spacial score (nSPS) is 14.4. The topological polar surface area (TPSA) is 91.3 Å². The number of allylic oxidation sites excluding steroid dienone is 12. The Hall–Kier alpha value is -2.06. The van der Waals surface area contributed by atoms with Gasteiger partial charge in [0.05, 0.1) is 34.4 Å². The number of ether oxygens (including phenoxy) is 2. The van der Waals surface area contributed by atoms with Gasteiger partial charge < -0.3 is 18.9 Å². The van der Waals surface area contributed by atoms with Gasteiger partial charge in [0.15, 0.2) is 0 Å². The number of rotatable bonds is 41. The lowest BCUT2D eigenvalue weighted by molar-refractivity contribution is -0.870. The molecule has 0 aromatic heterocycles. The Balaban J connectivity index is 4.36. The Morgan fingerprint density at radius 2 is 0.982 bits per heavy atom. The molecule has 0 rings (SSSR count). The molecule has 0 saturated carbocycles. The summed E-state index contributed by atoms with van der Waals surface area (Å²) in [5, 5.41) is 0. The van der Waals surface area contributed by atoms with E-state index in [4.69, 9.17) is 18.5 Å². The van der Waals surface area contributed by atoms with Crippen molar-refractivity contribution in [2.24, 2.45) is 0 Å². The van der Waals surface area contributed by atoms with Crippen LogP contribution < -0.4 is 0 Å². The first-order valence-electron chi connectivity index (χ1n) is 22.7. The van der Waals surface area contributed by atoms with E-state index in [1.807, 2.05) is 33.3 Å². The number of unbranched alkanes of at least 4 members (excludes halogenated alkanes) is 15. The predicted octanol–water partition coefficient (Wildman–Crippen LogP) is 13.5. The fraction of sp³-hybridized carbons (Fsp3) is 0.729. The standard InChI is InChI=1S/C48H86NO7P/c1-6-8-10-12-14-16-18-20-22-24-25-26-27-29-31-33-35-37-39-41-48(50)56-47(46-55-57(51,52)54-44-42-49(3,4)5)45-53-43-40-38-36-34-32-30-28-23-21-19-17-15-13-11-9-7-2/h8,10,14,16,20,22,25-26,29,31,35,37,47H,6-7,9,11-13,15,17-19,21,23-24,27-28,30,32-34,36,38-46H2,1-5H3/p+1/b10-8-,16-14-,22-20-,26-25-,31-29-,37-35-/t47-/m1/s1. The lowest BCUT2D eigenvalue weighted by Crippen LogP contribution is -2.37. The van der Waals surface area contributed by atoms with Crippen LogP contribution in [-0.2, 0) is 27.9 Å². The molecule has 0 heterocycles. The second kappa shape index (κ2) is 40.7. The number of phosphoric ester groups is 1. The first-order chi connectivity index (χ1) is 27.6. The maximum atomic E-state index is 12.7. The van der Waals surface area contributed by atoms with Crippen molar-refractivity contribution in [3.05, 3.63) is 72.9 Å². The molecule has 9 heteroatoms. The van der Waals surface area contributed by atoms with Gasteiger partial charge in [-0.05, 0) is 51.4 Å². The molecule has 1 unspecified atom stereocenters. The van der Waals surface area contributed by atoms with Crippen molar-refractivity contribution in [1.82, 2.24) is 0 Å². The highest BCUT2D eigenvalue weighted by molar-refractivity contribution is 7.47. The number of quaternary nitrogens is 1. The van der Waals surface area contributed by atoms with E-state index in [9.17, 15) is 14.3 Å². The van der Waals surface area contributed by atoms with E-state index in [0.717, 1.165) is 51.4 Å². The predicted molar refractivity (Wildman–Crippen MR) is 242 cm³/mol. The van der Waals surface area contributed by atoms with E-state index in [1.54, 1.807) is 0 Å². The minimum atomic E-state index is -4.30. The molecule has 2 atom stereocenters. The quantitative estimate of drug-likeness (QED) is 0.0216. The van der Waals surface area contributed by atoms with Crippen molar-refractivity contribution in [3.63, 3.8) is 0 Å². The summed E-state index contributed by atoms with van der Waals surface area (Å²) < 4.78 is 34.9. The Kier molecular flexibility index (Phi) is 39.2. The van der Waals surface area contributed by atoms with Crippen LogP contribution in [0.4, 0.5) is 0 Å². The van der Waals surface area contributed by atoms with Gasteiger partial charge in [0, 0.05) is 13.0 Å². The molecular weight excluding hydrogens is 734 g/mol. The number of likely N-dealkylation sites (N-methyl/N-ethyl adjacent to an activating group) is 1. The number of hydrogen-bond acceptors (Lipinski definition) is 6. The van der Waals surface area contributed by atoms with Crippen LogP contribution >= 0.6 is 7.82 Å². The van der Waals surface area contributed by atoms with Crippen LogP contribution in [0.25, 0.3) is 0 Å². The van der Waals surface area contributed by atoms with Crippen LogP contribution in [0, 0.1) is 0 Å². The summed E-state index contributed by atoms with van der Waals surface area (Å²) in [6.07, 6.45) is 52.4. The summed E-state index contributed by atoms with van der Waals surface area (Å²) in [5.41, 5.74) is 0. The van der Waals surface area contributed by atoms with E-state index in [-0.39, 0.29) is 26.2 Å². The average Bonchev–Trinajstić information content (AvgIpc) is 3.16. The molecule has 1 N–H and O–H groups in total. The van der Waals surface area contributed by atoms with Crippen LogP contribution in [0.3, 0.4) is 0 Å². The van der Waals surface area contributed by atoms with Crippen molar-refractivity contribution in [2.45, 2.75) is 174 Å². The van der Waals surface area contributed by atoms with Crippen LogP contribution in [0.15, 0.2) is 72.9 Å². The third kappa shape index (κ3) is 44.9. The zero-order valence-corrected chi connectivity index (χ0v) is 38.2. The van der Waals surface area contributed by atoms with Gasteiger partial charge in [-0.15, -0.1) is 0 Å². The lowest BCUT2D eigenvalue weighted by Gasteiger charge is -2.24. The maximum Gasteiger partial charge on any atom is 0.472 e. The SMILES string of the molecule is CC/C=C\C/C=C\C/C=C\C/C=C\C/C=C\C/C=C\CCC(=O)O[C@H](COCCCCCCCCCCCCCCCCCC)COP(=O)(O)OCC[N+](C)(C)C. The van der Waals surface area contributed by atoms with Gasteiger partial charge in [0.25, 0.3) is 0 Å². The van der Waals surface area contributed by atoms with Gasteiger partial charge >= 0.3 is 13.8 Å². The highest BCUT2D eigenvalue weighted by atomic mass is 31.2. The third-order valence-electron chi connectivity index (χ3n) is 9.30.